The van der Waals surface area contributed by atoms with E-state index in [1.807, 2.05) is 0 Å². The van der Waals surface area contributed by atoms with Crippen LogP contribution in [0.4, 0.5) is 4.39 Å². The lowest BCUT2D eigenvalue weighted by Crippen LogP contribution is -2.55. The van der Waals surface area contributed by atoms with Crippen molar-refractivity contribution in [3.8, 4) is 0 Å². The van der Waals surface area contributed by atoms with Crippen LogP contribution in [0.3, 0.4) is 0 Å². The van der Waals surface area contributed by atoms with Gasteiger partial charge in [-0.1, -0.05) is 19.8 Å². The highest BCUT2D eigenvalue weighted by atomic mass is 19.1. The van der Waals surface area contributed by atoms with E-state index >= 15 is 4.39 Å². The molecule has 3 rings (SSSR count). The maximum absolute atomic E-state index is 15.1. The van der Waals surface area contributed by atoms with Crippen LogP contribution in [0.15, 0.2) is 18.2 Å². The molecule has 7 heteroatoms. The van der Waals surface area contributed by atoms with Crippen molar-refractivity contribution in [3.63, 3.8) is 0 Å². The molecule has 40 heavy (non-hydrogen) atoms. The van der Waals surface area contributed by atoms with Gasteiger partial charge in [-0.2, -0.15) is 0 Å². The molecule has 0 aromatic heterocycles. The molecule has 6 nitrogen and oxygen atoms in total. The van der Waals surface area contributed by atoms with Gasteiger partial charge in [0.1, 0.15) is 18.0 Å². The van der Waals surface area contributed by atoms with Crippen molar-refractivity contribution in [3.05, 3.63) is 35.1 Å². The average Bonchev–Trinajstić information content (AvgIpc) is 2.97. The van der Waals surface area contributed by atoms with Crippen LogP contribution in [0.2, 0.25) is 0 Å². The number of nitrogens with zero attached hydrogens (tertiary/aromatic N) is 1. The molecular formula is C33H53FN2O4. The standard InChI is InChI=1S/C33H53FN2O4/c1-10-11-12-19-36-32(6,7)18-16-25(22-33(36,8)9)40-29(38)26-14-13-23(20-27(26)34)28(37)39-24-15-17-30(2,3)35-31(4,5)21-24/h13-14,20,24-25,35H,10-12,15-19,21-22H2,1-9H3. The fourth-order valence-corrected chi connectivity index (χ4v) is 7.03. The van der Waals surface area contributed by atoms with E-state index in [1.165, 1.54) is 25.0 Å². The van der Waals surface area contributed by atoms with E-state index < -0.39 is 17.8 Å². The Bertz CT molecular complexity index is 1050. The summed E-state index contributed by atoms with van der Waals surface area (Å²) in [4.78, 5) is 28.5. The van der Waals surface area contributed by atoms with Crippen molar-refractivity contribution >= 4 is 11.9 Å². The minimum atomic E-state index is -0.766. The Morgan fingerprint density at radius 1 is 0.875 bits per heavy atom. The van der Waals surface area contributed by atoms with Gasteiger partial charge in [-0.3, -0.25) is 4.90 Å². The van der Waals surface area contributed by atoms with E-state index in [0.29, 0.717) is 12.8 Å². The molecule has 2 fully saturated rings. The number of hydrogen-bond acceptors (Lipinski definition) is 6. The van der Waals surface area contributed by atoms with E-state index in [2.05, 4.69) is 72.5 Å². The smallest absolute Gasteiger partial charge is 0.341 e. The third kappa shape index (κ3) is 8.51. The van der Waals surface area contributed by atoms with Gasteiger partial charge in [0.2, 0.25) is 0 Å². The first-order chi connectivity index (χ1) is 18.4. The molecule has 1 aromatic rings. The molecule has 1 N–H and O–H groups in total. The van der Waals surface area contributed by atoms with E-state index in [1.54, 1.807) is 0 Å². The summed E-state index contributed by atoms with van der Waals surface area (Å²) in [7, 11) is 0. The maximum atomic E-state index is 15.1. The number of carbonyl (C=O) groups excluding carboxylic acids is 2. The normalized spacial score (nSPS) is 25.9. The van der Waals surface area contributed by atoms with Crippen molar-refractivity contribution in [1.82, 2.24) is 10.2 Å². The molecule has 0 bridgehead atoms. The number of halogens is 1. The van der Waals surface area contributed by atoms with Crippen LogP contribution in [-0.4, -0.2) is 57.7 Å². The number of rotatable bonds is 8. The third-order valence-corrected chi connectivity index (χ3v) is 8.73. The second-order valence-electron chi connectivity index (χ2n) is 14.6. The highest BCUT2D eigenvalue weighted by Gasteiger charge is 2.43. The lowest BCUT2D eigenvalue weighted by atomic mass is 9.91. The van der Waals surface area contributed by atoms with Crippen molar-refractivity contribution in [1.29, 1.82) is 0 Å². The number of likely N-dealkylation sites (tertiary alicyclic amines) is 1. The second kappa shape index (κ2) is 12.5. The summed E-state index contributed by atoms with van der Waals surface area (Å²) in [6, 6.07) is 3.90. The number of esters is 2. The van der Waals surface area contributed by atoms with E-state index in [9.17, 15) is 9.59 Å². The number of carbonyl (C=O) groups is 2. The van der Waals surface area contributed by atoms with E-state index in [-0.39, 0.29) is 45.5 Å². The Hall–Kier alpha value is -1.99. The molecular weight excluding hydrogens is 507 g/mol. The van der Waals surface area contributed by atoms with E-state index in [4.69, 9.17) is 9.47 Å². The van der Waals surface area contributed by atoms with Gasteiger partial charge < -0.3 is 14.8 Å². The number of nitrogens with one attached hydrogen (secondary N) is 1. The van der Waals surface area contributed by atoms with Gasteiger partial charge in [0.05, 0.1) is 11.1 Å². The quantitative estimate of drug-likeness (QED) is 0.263. The van der Waals surface area contributed by atoms with Gasteiger partial charge >= 0.3 is 11.9 Å². The van der Waals surface area contributed by atoms with Crippen LogP contribution in [0, 0.1) is 5.82 Å². The predicted molar refractivity (Wildman–Crippen MR) is 158 cm³/mol. The fourth-order valence-electron chi connectivity index (χ4n) is 7.03. The average molecular weight is 561 g/mol. The highest BCUT2D eigenvalue weighted by Crippen LogP contribution is 2.38. The number of unbranched alkanes of at least 4 members (excludes halogenated alkanes) is 2. The zero-order chi connectivity index (χ0) is 29.9. The topological polar surface area (TPSA) is 67.9 Å². The molecule has 2 saturated heterocycles. The first-order valence-electron chi connectivity index (χ1n) is 15.2. The summed E-state index contributed by atoms with van der Waals surface area (Å²) in [5.74, 6) is -2.03. The Morgan fingerprint density at radius 3 is 2.15 bits per heavy atom. The molecule has 2 heterocycles. The molecule has 0 aliphatic carbocycles. The molecule has 2 atom stereocenters. The molecule has 0 amide bonds. The molecule has 2 aliphatic heterocycles. The number of hydrogen-bond donors (Lipinski definition) is 1. The zero-order valence-corrected chi connectivity index (χ0v) is 26.4. The molecule has 1 aromatic carbocycles. The van der Waals surface area contributed by atoms with Gasteiger partial charge in [-0.25, -0.2) is 14.0 Å². The van der Waals surface area contributed by atoms with Crippen LogP contribution in [0.1, 0.15) is 141 Å². The molecule has 226 valence electrons. The molecule has 0 radical (unpaired) electrons. The monoisotopic (exact) mass is 560 g/mol. The molecule has 0 spiro atoms. The molecule has 2 aliphatic rings. The first-order valence-corrected chi connectivity index (χ1v) is 15.2. The van der Waals surface area contributed by atoms with Crippen LogP contribution < -0.4 is 5.32 Å². The fraction of sp³-hybridized carbons (Fsp3) is 0.758. The largest absolute Gasteiger partial charge is 0.459 e. The van der Waals surface area contributed by atoms with Crippen LogP contribution in [0.5, 0.6) is 0 Å². The van der Waals surface area contributed by atoms with E-state index in [0.717, 1.165) is 44.7 Å². The van der Waals surface area contributed by atoms with Crippen LogP contribution >= 0.6 is 0 Å². The van der Waals surface area contributed by atoms with Crippen molar-refractivity contribution in [2.45, 2.75) is 154 Å². The Labute approximate surface area is 241 Å². The first kappa shape index (κ1) is 32.5. The lowest BCUT2D eigenvalue weighted by Gasteiger charge is -2.47. The summed E-state index contributed by atoms with van der Waals surface area (Å²) in [6.07, 6.45) is 7.48. The SMILES string of the molecule is CCCCCN1C(C)(C)CCC(OC(=O)c2ccc(C(=O)OC3CCC(C)(C)NC(C)(C)C3)cc2F)CC1(C)C. The van der Waals surface area contributed by atoms with Crippen LogP contribution in [0.25, 0.3) is 0 Å². The van der Waals surface area contributed by atoms with Crippen molar-refractivity contribution < 1.29 is 23.5 Å². The maximum Gasteiger partial charge on any atom is 0.341 e. The predicted octanol–water partition coefficient (Wildman–Crippen LogP) is 7.44. The lowest BCUT2D eigenvalue weighted by molar-refractivity contribution is -0.00124. The Morgan fingerprint density at radius 2 is 1.50 bits per heavy atom. The van der Waals surface area contributed by atoms with Gasteiger partial charge in [0.25, 0.3) is 0 Å². The minimum Gasteiger partial charge on any atom is -0.459 e. The van der Waals surface area contributed by atoms with Crippen LogP contribution in [-0.2, 0) is 9.47 Å². The molecule has 2 unspecified atom stereocenters. The third-order valence-electron chi connectivity index (χ3n) is 8.73. The minimum absolute atomic E-state index is 0.0238. The summed E-state index contributed by atoms with van der Waals surface area (Å²) in [5.41, 5.74) is -0.499. The van der Waals surface area contributed by atoms with Gasteiger partial charge in [-0.05, 0) is 112 Å². The van der Waals surface area contributed by atoms with Gasteiger partial charge in [-0.15, -0.1) is 0 Å². The summed E-state index contributed by atoms with van der Waals surface area (Å²) in [6.45, 7) is 20.6. The van der Waals surface area contributed by atoms with Crippen molar-refractivity contribution in [2.24, 2.45) is 0 Å². The second-order valence-corrected chi connectivity index (χ2v) is 14.6. The summed E-state index contributed by atoms with van der Waals surface area (Å²) in [5, 5.41) is 3.62. The van der Waals surface area contributed by atoms with Gasteiger partial charge in [0.15, 0.2) is 0 Å². The zero-order valence-electron chi connectivity index (χ0n) is 26.4. The Balaban J connectivity index is 1.66. The van der Waals surface area contributed by atoms with Crippen molar-refractivity contribution in [2.75, 3.05) is 6.54 Å². The number of benzene rings is 1. The van der Waals surface area contributed by atoms with Gasteiger partial charge in [0, 0.05) is 35.0 Å². The number of ether oxygens (including phenoxy) is 2. The summed E-state index contributed by atoms with van der Waals surface area (Å²) < 4.78 is 26.8. The molecule has 0 saturated carbocycles. The highest BCUT2D eigenvalue weighted by molar-refractivity contribution is 5.93. The summed E-state index contributed by atoms with van der Waals surface area (Å²) >= 11 is 0. The Kier molecular flexibility index (Phi) is 10.1.